The molecule has 3 rings (SSSR count). The fourth-order valence-corrected chi connectivity index (χ4v) is 1.88. The predicted octanol–water partition coefficient (Wildman–Crippen LogP) is 1.93. The molecule has 0 saturated heterocycles. The van der Waals surface area contributed by atoms with E-state index in [0.29, 0.717) is 12.0 Å². The van der Waals surface area contributed by atoms with E-state index < -0.39 is 0 Å². The number of H-pyrrole nitrogens is 1. The molecule has 0 fully saturated rings. The summed E-state index contributed by atoms with van der Waals surface area (Å²) in [5.41, 5.74) is 0.806. The minimum Gasteiger partial charge on any atom is -0.489 e. The van der Waals surface area contributed by atoms with Crippen LogP contribution in [0.1, 0.15) is 5.56 Å². The maximum Gasteiger partial charge on any atom is 0.256 e. The van der Waals surface area contributed by atoms with Crippen molar-refractivity contribution in [3.63, 3.8) is 0 Å². The molecule has 0 bridgehead atoms. The normalized spacial score (nSPS) is 13.6. The summed E-state index contributed by atoms with van der Waals surface area (Å²) in [6.07, 6.45) is 5.51. The molecular formula is C12H9NO2. The van der Waals surface area contributed by atoms with Gasteiger partial charge in [-0.1, -0.05) is 12.1 Å². The first-order valence-electron chi connectivity index (χ1n) is 4.80. The Bertz CT molecular complexity index is 611. The maximum atomic E-state index is 11.7. The minimum atomic E-state index is -0.0699. The molecule has 1 N–H and O–H groups in total. The van der Waals surface area contributed by atoms with E-state index in [1.165, 1.54) is 0 Å². The lowest BCUT2D eigenvalue weighted by Gasteiger charge is -2.13. The van der Waals surface area contributed by atoms with Gasteiger partial charge >= 0.3 is 0 Å². The van der Waals surface area contributed by atoms with Crippen LogP contribution in [0.25, 0.3) is 16.8 Å². The van der Waals surface area contributed by atoms with Gasteiger partial charge in [0, 0.05) is 11.8 Å². The van der Waals surface area contributed by atoms with Gasteiger partial charge in [-0.05, 0) is 23.6 Å². The van der Waals surface area contributed by atoms with Crippen molar-refractivity contribution < 1.29 is 4.74 Å². The summed E-state index contributed by atoms with van der Waals surface area (Å²) in [6.45, 7) is 0.573. The Morgan fingerprint density at radius 2 is 2.20 bits per heavy atom. The summed E-state index contributed by atoms with van der Waals surface area (Å²) in [4.78, 5) is 14.4. The number of hydrogen-bond donors (Lipinski definition) is 1. The molecule has 0 radical (unpaired) electrons. The van der Waals surface area contributed by atoms with E-state index in [1.54, 1.807) is 6.20 Å². The molecule has 0 unspecified atom stereocenters. The maximum absolute atomic E-state index is 11.7. The molecule has 2 aromatic rings. The summed E-state index contributed by atoms with van der Waals surface area (Å²) in [7, 11) is 0. The third-order valence-corrected chi connectivity index (χ3v) is 2.56. The van der Waals surface area contributed by atoms with Crippen molar-refractivity contribution in [2.45, 2.75) is 0 Å². The van der Waals surface area contributed by atoms with Crippen molar-refractivity contribution >= 4 is 16.8 Å². The fourth-order valence-electron chi connectivity index (χ4n) is 1.88. The molecule has 0 spiro atoms. The van der Waals surface area contributed by atoms with Crippen LogP contribution in [-0.4, -0.2) is 11.6 Å². The van der Waals surface area contributed by atoms with Crippen LogP contribution in [0.5, 0.6) is 5.75 Å². The molecule has 15 heavy (non-hydrogen) atoms. The summed E-state index contributed by atoms with van der Waals surface area (Å²) >= 11 is 0. The van der Waals surface area contributed by atoms with E-state index in [2.05, 4.69) is 4.98 Å². The van der Waals surface area contributed by atoms with Crippen molar-refractivity contribution in [2.75, 3.05) is 6.61 Å². The lowest BCUT2D eigenvalue weighted by Crippen LogP contribution is -2.09. The van der Waals surface area contributed by atoms with Crippen LogP contribution in [0.3, 0.4) is 0 Å². The first-order chi connectivity index (χ1) is 7.36. The van der Waals surface area contributed by atoms with Crippen LogP contribution < -0.4 is 10.3 Å². The molecule has 1 aliphatic rings. The van der Waals surface area contributed by atoms with E-state index in [9.17, 15) is 4.79 Å². The number of benzene rings is 1. The number of aromatic amines is 1. The summed E-state index contributed by atoms with van der Waals surface area (Å²) in [5, 5.41) is 1.64. The second kappa shape index (κ2) is 2.98. The molecule has 2 heterocycles. The van der Waals surface area contributed by atoms with E-state index >= 15 is 0 Å². The highest BCUT2D eigenvalue weighted by Gasteiger charge is 2.11. The van der Waals surface area contributed by atoms with E-state index in [0.717, 1.165) is 16.7 Å². The van der Waals surface area contributed by atoms with Crippen molar-refractivity contribution in [3.05, 3.63) is 46.4 Å². The Labute approximate surface area is 86.0 Å². The van der Waals surface area contributed by atoms with Gasteiger partial charge in [-0.25, -0.2) is 0 Å². The van der Waals surface area contributed by atoms with Gasteiger partial charge in [0.2, 0.25) is 0 Å². The SMILES string of the molecule is O=c1[nH]ccc2ccc3c(c12)C=CCO3. The summed E-state index contributed by atoms with van der Waals surface area (Å²) < 4.78 is 5.45. The van der Waals surface area contributed by atoms with Crippen LogP contribution in [-0.2, 0) is 0 Å². The second-order valence-electron chi connectivity index (χ2n) is 3.46. The highest BCUT2D eigenvalue weighted by molar-refractivity contribution is 5.92. The third-order valence-electron chi connectivity index (χ3n) is 2.56. The van der Waals surface area contributed by atoms with Gasteiger partial charge in [-0.15, -0.1) is 0 Å². The number of nitrogens with one attached hydrogen (secondary N) is 1. The average molecular weight is 199 g/mol. The number of rotatable bonds is 0. The lowest BCUT2D eigenvalue weighted by molar-refractivity contribution is 0.359. The molecule has 1 aromatic heterocycles. The van der Waals surface area contributed by atoms with Crippen molar-refractivity contribution in [1.29, 1.82) is 0 Å². The standard InChI is InChI=1S/C12H9NO2/c14-12-11-8(5-6-13-12)3-4-10-9(11)2-1-7-15-10/h1-6H,7H2,(H,13,14). The van der Waals surface area contributed by atoms with Gasteiger partial charge in [0.25, 0.3) is 5.56 Å². The van der Waals surface area contributed by atoms with Crippen LogP contribution in [0.2, 0.25) is 0 Å². The average Bonchev–Trinajstić information content (AvgIpc) is 2.29. The monoisotopic (exact) mass is 199 g/mol. The summed E-state index contributed by atoms with van der Waals surface area (Å²) in [6, 6.07) is 5.70. The quantitative estimate of drug-likeness (QED) is 0.704. The number of pyridine rings is 1. The summed E-state index contributed by atoms with van der Waals surface area (Å²) in [5.74, 6) is 0.779. The van der Waals surface area contributed by atoms with Crippen LogP contribution in [0.4, 0.5) is 0 Å². The van der Waals surface area contributed by atoms with Gasteiger partial charge in [0.15, 0.2) is 0 Å². The van der Waals surface area contributed by atoms with Gasteiger partial charge < -0.3 is 9.72 Å². The van der Waals surface area contributed by atoms with Gasteiger partial charge in [-0.3, -0.25) is 4.79 Å². The van der Waals surface area contributed by atoms with E-state index in [-0.39, 0.29) is 5.56 Å². The topological polar surface area (TPSA) is 42.1 Å². The minimum absolute atomic E-state index is 0.0699. The van der Waals surface area contributed by atoms with Crippen LogP contribution in [0, 0.1) is 0 Å². The highest BCUT2D eigenvalue weighted by atomic mass is 16.5. The smallest absolute Gasteiger partial charge is 0.256 e. The van der Waals surface area contributed by atoms with Gasteiger partial charge in [0.05, 0.1) is 5.39 Å². The predicted molar refractivity (Wildman–Crippen MR) is 59.1 cm³/mol. The van der Waals surface area contributed by atoms with E-state index in [4.69, 9.17) is 4.74 Å². The molecule has 0 amide bonds. The largest absolute Gasteiger partial charge is 0.489 e. The van der Waals surface area contributed by atoms with Crippen molar-refractivity contribution in [2.24, 2.45) is 0 Å². The first-order valence-corrected chi connectivity index (χ1v) is 4.80. The molecule has 0 atom stereocenters. The van der Waals surface area contributed by atoms with Crippen LogP contribution >= 0.6 is 0 Å². The third kappa shape index (κ3) is 1.16. The molecular weight excluding hydrogens is 190 g/mol. The Hall–Kier alpha value is -2.03. The first kappa shape index (κ1) is 8.29. The molecule has 0 saturated carbocycles. The second-order valence-corrected chi connectivity index (χ2v) is 3.46. The zero-order valence-corrected chi connectivity index (χ0v) is 7.99. The zero-order chi connectivity index (χ0) is 10.3. The molecule has 1 aliphatic heterocycles. The van der Waals surface area contributed by atoms with Crippen LogP contribution in [0.15, 0.2) is 35.3 Å². The van der Waals surface area contributed by atoms with E-state index in [1.807, 2.05) is 30.4 Å². The number of ether oxygens (including phenoxy) is 1. The molecule has 74 valence electrons. The van der Waals surface area contributed by atoms with Gasteiger partial charge in [-0.2, -0.15) is 0 Å². The molecule has 1 aromatic carbocycles. The number of hydrogen-bond acceptors (Lipinski definition) is 2. The Balaban J connectivity index is 2.52. The van der Waals surface area contributed by atoms with Crippen molar-refractivity contribution in [1.82, 2.24) is 4.98 Å². The number of fused-ring (bicyclic) bond motifs is 3. The Morgan fingerprint density at radius 1 is 1.27 bits per heavy atom. The fraction of sp³-hybridized carbons (Fsp3) is 0.0833. The molecule has 3 nitrogen and oxygen atoms in total. The molecule has 3 heteroatoms. The highest BCUT2D eigenvalue weighted by Crippen LogP contribution is 2.28. The zero-order valence-electron chi connectivity index (χ0n) is 7.99. The van der Waals surface area contributed by atoms with Gasteiger partial charge in [0.1, 0.15) is 12.4 Å². The lowest BCUT2D eigenvalue weighted by atomic mass is 10.0. The van der Waals surface area contributed by atoms with Crippen molar-refractivity contribution in [3.8, 4) is 5.75 Å². The number of aromatic nitrogens is 1. The molecule has 0 aliphatic carbocycles. The Kier molecular flexibility index (Phi) is 1.65. The Morgan fingerprint density at radius 3 is 3.13 bits per heavy atom.